The average molecular weight is 310 g/mol. The maximum absolute atomic E-state index is 6.28. The molecule has 1 aliphatic heterocycles. The first-order valence-electron chi connectivity index (χ1n) is 8.05. The van der Waals surface area contributed by atoms with Gasteiger partial charge in [0.1, 0.15) is 13.2 Å². The van der Waals surface area contributed by atoms with Crippen LogP contribution in [0.3, 0.4) is 0 Å². The van der Waals surface area contributed by atoms with Gasteiger partial charge in [0.05, 0.1) is 5.02 Å². The Morgan fingerprint density at radius 2 is 1.95 bits per heavy atom. The van der Waals surface area contributed by atoms with Crippen LogP contribution in [-0.2, 0) is 6.54 Å². The van der Waals surface area contributed by atoms with Crippen molar-refractivity contribution in [2.24, 2.45) is 5.92 Å². The third-order valence-electron chi connectivity index (χ3n) is 4.64. The molecule has 0 bridgehead atoms. The van der Waals surface area contributed by atoms with E-state index in [9.17, 15) is 0 Å². The summed E-state index contributed by atoms with van der Waals surface area (Å²) in [5.41, 5.74) is 1.16. The molecule has 0 aromatic heterocycles. The van der Waals surface area contributed by atoms with E-state index in [2.05, 4.69) is 12.2 Å². The maximum atomic E-state index is 6.28. The fraction of sp³-hybridized carbons (Fsp3) is 0.647. The van der Waals surface area contributed by atoms with Crippen LogP contribution in [0.5, 0.6) is 11.5 Å². The van der Waals surface area contributed by atoms with Gasteiger partial charge in [0, 0.05) is 12.6 Å². The normalized spacial score (nSPS) is 20.3. The van der Waals surface area contributed by atoms with Gasteiger partial charge >= 0.3 is 0 Å². The summed E-state index contributed by atoms with van der Waals surface area (Å²) in [5, 5.41) is 4.30. The number of ether oxygens (including phenoxy) is 2. The Labute approximate surface area is 132 Å². The van der Waals surface area contributed by atoms with Crippen LogP contribution in [0.25, 0.3) is 0 Å². The number of hydrogen-bond acceptors (Lipinski definition) is 3. The van der Waals surface area contributed by atoms with Gasteiger partial charge in [-0.25, -0.2) is 0 Å². The molecule has 0 radical (unpaired) electrons. The molecule has 0 spiro atoms. The second-order valence-corrected chi connectivity index (χ2v) is 6.58. The van der Waals surface area contributed by atoms with Crippen molar-refractivity contribution < 1.29 is 9.47 Å². The van der Waals surface area contributed by atoms with Crippen molar-refractivity contribution in [3.05, 3.63) is 22.7 Å². The monoisotopic (exact) mass is 309 g/mol. The topological polar surface area (TPSA) is 30.5 Å². The highest BCUT2D eigenvalue weighted by atomic mass is 35.5. The molecular weight excluding hydrogens is 286 g/mol. The zero-order chi connectivity index (χ0) is 14.7. The van der Waals surface area contributed by atoms with Crippen molar-refractivity contribution >= 4 is 11.6 Å². The summed E-state index contributed by atoms with van der Waals surface area (Å²) >= 11 is 6.28. The Kier molecular flexibility index (Phi) is 4.91. The molecule has 2 aliphatic rings. The Morgan fingerprint density at radius 1 is 1.19 bits per heavy atom. The summed E-state index contributed by atoms with van der Waals surface area (Å²) in [5.74, 6) is 2.27. The standard InChI is InChI=1S/C17H24ClNO2/c1-12(14-5-3-2-4-6-14)19-11-13-9-15(18)17-16(10-13)20-7-8-21-17/h9-10,12,14,19H,2-8,11H2,1H3/t12-/m0/s1. The van der Waals surface area contributed by atoms with E-state index in [1.807, 2.05) is 12.1 Å². The van der Waals surface area contributed by atoms with E-state index in [1.54, 1.807) is 0 Å². The van der Waals surface area contributed by atoms with Crippen LogP contribution in [0.2, 0.25) is 5.02 Å². The number of fused-ring (bicyclic) bond motifs is 1. The number of nitrogens with one attached hydrogen (secondary N) is 1. The van der Waals surface area contributed by atoms with Gasteiger partial charge in [-0.05, 0) is 43.4 Å². The van der Waals surface area contributed by atoms with E-state index in [1.165, 1.54) is 32.1 Å². The van der Waals surface area contributed by atoms with Crippen LogP contribution in [0, 0.1) is 5.92 Å². The van der Waals surface area contributed by atoms with E-state index in [4.69, 9.17) is 21.1 Å². The van der Waals surface area contributed by atoms with Crippen LogP contribution >= 0.6 is 11.6 Å². The first-order chi connectivity index (χ1) is 10.2. The lowest BCUT2D eigenvalue weighted by Crippen LogP contribution is -2.34. The number of rotatable bonds is 4. The Hall–Kier alpha value is -0.930. The highest BCUT2D eigenvalue weighted by Gasteiger charge is 2.20. The Morgan fingerprint density at radius 3 is 2.76 bits per heavy atom. The van der Waals surface area contributed by atoms with Crippen LogP contribution < -0.4 is 14.8 Å². The summed E-state index contributed by atoms with van der Waals surface area (Å²) in [4.78, 5) is 0. The van der Waals surface area contributed by atoms with Crippen molar-refractivity contribution in [2.75, 3.05) is 13.2 Å². The molecule has 1 heterocycles. The minimum atomic E-state index is 0.553. The van der Waals surface area contributed by atoms with Gasteiger partial charge in [0.2, 0.25) is 0 Å². The average Bonchev–Trinajstić information content (AvgIpc) is 2.53. The van der Waals surface area contributed by atoms with E-state index < -0.39 is 0 Å². The number of halogens is 1. The fourth-order valence-electron chi connectivity index (χ4n) is 3.35. The SMILES string of the molecule is C[C@H](NCc1cc(Cl)c2c(c1)OCCO2)C1CCCCC1. The van der Waals surface area contributed by atoms with Crippen molar-refractivity contribution in [1.29, 1.82) is 0 Å². The molecule has 4 heteroatoms. The zero-order valence-corrected chi connectivity index (χ0v) is 13.4. The Balaban J connectivity index is 1.61. The molecule has 1 fully saturated rings. The lowest BCUT2D eigenvalue weighted by Gasteiger charge is -2.28. The number of hydrogen-bond donors (Lipinski definition) is 1. The van der Waals surface area contributed by atoms with Gasteiger partial charge in [0.25, 0.3) is 0 Å². The predicted molar refractivity (Wildman–Crippen MR) is 85.3 cm³/mol. The molecule has 21 heavy (non-hydrogen) atoms. The highest BCUT2D eigenvalue weighted by Crippen LogP contribution is 2.38. The molecule has 1 aromatic carbocycles. The van der Waals surface area contributed by atoms with Crippen LogP contribution in [-0.4, -0.2) is 19.3 Å². The first kappa shape index (κ1) is 15.0. The second kappa shape index (κ2) is 6.89. The summed E-state index contributed by atoms with van der Waals surface area (Å²) in [6.07, 6.45) is 6.88. The molecule has 1 aromatic rings. The maximum Gasteiger partial charge on any atom is 0.179 e. The van der Waals surface area contributed by atoms with E-state index >= 15 is 0 Å². The predicted octanol–water partition coefficient (Wildman–Crippen LogP) is 4.17. The molecule has 3 rings (SSSR count). The smallest absolute Gasteiger partial charge is 0.179 e. The summed E-state index contributed by atoms with van der Waals surface area (Å²) in [6.45, 7) is 4.30. The van der Waals surface area contributed by atoms with Gasteiger partial charge in [-0.1, -0.05) is 30.9 Å². The van der Waals surface area contributed by atoms with Gasteiger partial charge in [-0.3, -0.25) is 0 Å². The molecule has 0 unspecified atom stereocenters. The van der Waals surface area contributed by atoms with Gasteiger partial charge in [-0.15, -0.1) is 0 Å². The van der Waals surface area contributed by atoms with E-state index in [0.717, 1.165) is 23.8 Å². The van der Waals surface area contributed by atoms with Gasteiger partial charge in [-0.2, -0.15) is 0 Å². The van der Waals surface area contributed by atoms with Crippen LogP contribution in [0.4, 0.5) is 0 Å². The molecule has 116 valence electrons. The van der Waals surface area contributed by atoms with E-state index in [-0.39, 0.29) is 0 Å². The minimum absolute atomic E-state index is 0.553. The van der Waals surface area contributed by atoms with E-state index in [0.29, 0.717) is 30.0 Å². The van der Waals surface area contributed by atoms with Crippen LogP contribution in [0.1, 0.15) is 44.6 Å². The third kappa shape index (κ3) is 3.64. The minimum Gasteiger partial charge on any atom is -0.486 e. The van der Waals surface area contributed by atoms with Crippen molar-refractivity contribution in [3.63, 3.8) is 0 Å². The highest BCUT2D eigenvalue weighted by molar-refractivity contribution is 6.32. The molecular formula is C17H24ClNO2. The van der Waals surface area contributed by atoms with Gasteiger partial charge in [0.15, 0.2) is 11.5 Å². The lowest BCUT2D eigenvalue weighted by atomic mass is 9.84. The molecule has 0 saturated heterocycles. The lowest BCUT2D eigenvalue weighted by molar-refractivity contribution is 0.171. The summed E-state index contributed by atoms with van der Waals surface area (Å²) in [6, 6.07) is 4.58. The van der Waals surface area contributed by atoms with Crippen molar-refractivity contribution in [2.45, 2.75) is 51.6 Å². The summed E-state index contributed by atoms with van der Waals surface area (Å²) < 4.78 is 11.2. The molecule has 1 atom stereocenters. The molecule has 3 nitrogen and oxygen atoms in total. The first-order valence-corrected chi connectivity index (χ1v) is 8.43. The fourth-order valence-corrected chi connectivity index (χ4v) is 3.63. The molecule has 1 saturated carbocycles. The van der Waals surface area contributed by atoms with Crippen LogP contribution in [0.15, 0.2) is 12.1 Å². The van der Waals surface area contributed by atoms with Gasteiger partial charge < -0.3 is 14.8 Å². The van der Waals surface area contributed by atoms with Crippen molar-refractivity contribution in [3.8, 4) is 11.5 Å². The second-order valence-electron chi connectivity index (χ2n) is 6.17. The summed E-state index contributed by atoms with van der Waals surface area (Å²) in [7, 11) is 0. The van der Waals surface area contributed by atoms with Crippen molar-refractivity contribution in [1.82, 2.24) is 5.32 Å². The quantitative estimate of drug-likeness (QED) is 0.905. The molecule has 0 amide bonds. The Bertz CT molecular complexity index is 486. The third-order valence-corrected chi connectivity index (χ3v) is 4.92. The largest absolute Gasteiger partial charge is 0.486 e. The molecule has 1 N–H and O–H groups in total. The number of benzene rings is 1. The zero-order valence-electron chi connectivity index (χ0n) is 12.7. The molecule has 1 aliphatic carbocycles.